The predicted octanol–water partition coefficient (Wildman–Crippen LogP) is 13.4. The van der Waals surface area contributed by atoms with Gasteiger partial charge in [0.25, 0.3) is 0 Å². The average Bonchev–Trinajstić information content (AvgIpc) is 3.45. The first-order chi connectivity index (χ1) is 34.7. The molecule has 4 aliphatic rings. The van der Waals surface area contributed by atoms with Crippen molar-refractivity contribution in [1.29, 1.82) is 0 Å². The number of fused-ring (bicyclic) bond motifs is 4. The second kappa shape index (κ2) is 17.7. The summed E-state index contributed by atoms with van der Waals surface area (Å²) in [7, 11) is 0. The van der Waals surface area contributed by atoms with Gasteiger partial charge in [0.2, 0.25) is 0 Å². The summed E-state index contributed by atoms with van der Waals surface area (Å²) in [5.74, 6) is 1.60. The second-order valence-corrected chi connectivity index (χ2v) is 18.3. The van der Waals surface area contributed by atoms with E-state index in [1.54, 1.807) is 0 Å². The van der Waals surface area contributed by atoms with Crippen LogP contribution in [0.25, 0.3) is 56.2 Å². The van der Waals surface area contributed by atoms with Gasteiger partial charge in [-0.3, -0.25) is 15.0 Å². The fourth-order valence-electron chi connectivity index (χ4n) is 10.7. The zero-order valence-corrected chi connectivity index (χ0v) is 38.4. The van der Waals surface area contributed by atoms with Crippen LogP contribution in [0.15, 0.2) is 233 Å². The number of pyridine rings is 3. The van der Waals surface area contributed by atoms with Gasteiger partial charge < -0.3 is 10.6 Å². The summed E-state index contributed by atoms with van der Waals surface area (Å²) < 4.78 is 0. The molecule has 3 aromatic heterocycles. The molecular weight excluding hydrogens is 855 g/mol. The Hall–Kier alpha value is -8.81. The molecule has 2 N–H and O–H groups in total. The fraction of sp³-hybridized carbons (Fsp3) is 0.0952. The highest BCUT2D eigenvalue weighted by molar-refractivity contribution is 6.07. The van der Waals surface area contributed by atoms with E-state index in [1.807, 2.05) is 12.1 Å². The molecule has 0 radical (unpaired) electrons. The fourth-order valence-corrected chi connectivity index (χ4v) is 10.7. The molecule has 334 valence electrons. The lowest BCUT2D eigenvalue weighted by molar-refractivity contribution is 0.683. The standard InChI is InChI=1S/C63H47N7/c1-7-20-40(21-8-1)50-38-54(42-24-11-3-12-25-42)65-58-46(50)34-36-48-56(67-62(69-60(48)58)44-28-15-5-16-29-44)52-32-19-33-53(64-52)57-49-37-35-47-51(41-22-9-2-10-23-41)39-55(43-26-13-4-14-27-43)66-59(47)61(49)70-63(68-57)45-30-17-6-18-31-45/h1-33,38-39,56-57H,34-37H2,(H,67,69)(H,68,70). The molecule has 2 unspecified atom stereocenters. The molecular formula is C63H47N7. The smallest absolute Gasteiger partial charge is 0.133 e. The van der Waals surface area contributed by atoms with Crippen molar-refractivity contribution in [1.82, 2.24) is 25.6 Å². The molecule has 0 fully saturated rings. The highest BCUT2D eigenvalue weighted by atomic mass is 15.1. The number of hydrogen-bond acceptors (Lipinski definition) is 7. The third-order valence-corrected chi connectivity index (χ3v) is 14.1. The van der Waals surface area contributed by atoms with E-state index in [1.165, 1.54) is 44.5 Å². The molecule has 5 heterocycles. The molecule has 70 heavy (non-hydrogen) atoms. The topological polar surface area (TPSA) is 87.5 Å². The van der Waals surface area contributed by atoms with Crippen LogP contribution in [-0.4, -0.2) is 26.6 Å². The highest BCUT2D eigenvalue weighted by Gasteiger charge is 2.37. The Bertz CT molecular complexity index is 3330. The van der Waals surface area contributed by atoms with Gasteiger partial charge in [0.05, 0.1) is 45.6 Å². The van der Waals surface area contributed by atoms with Gasteiger partial charge in [0.1, 0.15) is 23.8 Å². The van der Waals surface area contributed by atoms with Crippen LogP contribution in [0.1, 0.15) is 70.0 Å². The van der Waals surface area contributed by atoms with Crippen LogP contribution in [0, 0.1) is 0 Å². The van der Waals surface area contributed by atoms with Crippen molar-refractivity contribution in [2.75, 3.05) is 0 Å². The molecule has 0 amide bonds. The van der Waals surface area contributed by atoms with Crippen molar-refractivity contribution in [2.24, 2.45) is 9.98 Å². The lowest BCUT2D eigenvalue weighted by Gasteiger charge is -2.34. The predicted molar refractivity (Wildman–Crippen MR) is 283 cm³/mol. The van der Waals surface area contributed by atoms with Crippen molar-refractivity contribution in [2.45, 2.75) is 37.8 Å². The molecule has 7 heteroatoms. The van der Waals surface area contributed by atoms with E-state index in [4.69, 9.17) is 24.9 Å². The zero-order valence-electron chi connectivity index (χ0n) is 38.4. The molecule has 0 spiro atoms. The Morgan fingerprint density at radius 3 is 1.04 bits per heavy atom. The first kappa shape index (κ1) is 41.4. The molecule has 0 saturated heterocycles. The lowest BCUT2D eigenvalue weighted by Crippen LogP contribution is -2.34. The summed E-state index contributed by atoms with van der Waals surface area (Å²) in [4.78, 5) is 27.8. The molecule has 2 aliphatic heterocycles. The molecule has 2 aliphatic carbocycles. The quantitative estimate of drug-likeness (QED) is 0.159. The summed E-state index contributed by atoms with van der Waals surface area (Å²) in [6.07, 6.45) is 3.26. The summed E-state index contributed by atoms with van der Waals surface area (Å²) in [5.41, 5.74) is 21.4. The maximum Gasteiger partial charge on any atom is 0.133 e. The summed E-state index contributed by atoms with van der Waals surface area (Å²) >= 11 is 0. The van der Waals surface area contributed by atoms with Gasteiger partial charge in [0, 0.05) is 22.3 Å². The van der Waals surface area contributed by atoms with E-state index in [-0.39, 0.29) is 12.1 Å². The Morgan fingerprint density at radius 2 is 0.671 bits per heavy atom. The van der Waals surface area contributed by atoms with Gasteiger partial charge in [0.15, 0.2) is 0 Å². The van der Waals surface area contributed by atoms with Gasteiger partial charge in [-0.15, -0.1) is 0 Å². The minimum atomic E-state index is -0.356. The molecule has 6 aromatic carbocycles. The molecule has 2 atom stereocenters. The minimum absolute atomic E-state index is 0.356. The minimum Gasteiger partial charge on any atom is -0.338 e. The molecule has 0 bridgehead atoms. The largest absolute Gasteiger partial charge is 0.338 e. The number of aliphatic imine (C=N–C) groups is 2. The van der Waals surface area contributed by atoms with Crippen LogP contribution in [0.5, 0.6) is 0 Å². The number of nitrogens with zero attached hydrogens (tertiary/aromatic N) is 5. The van der Waals surface area contributed by atoms with Crippen LogP contribution < -0.4 is 10.6 Å². The van der Waals surface area contributed by atoms with Crippen molar-refractivity contribution >= 4 is 23.1 Å². The zero-order chi connectivity index (χ0) is 46.4. The van der Waals surface area contributed by atoms with E-state index >= 15 is 0 Å². The maximum absolute atomic E-state index is 5.65. The van der Waals surface area contributed by atoms with Crippen molar-refractivity contribution in [3.05, 3.63) is 268 Å². The van der Waals surface area contributed by atoms with E-state index in [0.717, 1.165) is 105 Å². The number of aromatic nitrogens is 3. The number of hydrogen-bond donors (Lipinski definition) is 2. The van der Waals surface area contributed by atoms with Gasteiger partial charge >= 0.3 is 0 Å². The van der Waals surface area contributed by atoms with Crippen molar-refractivity contribution in [3.8, 4) is 44.8 Å². The Labute approximate surface area is 407 Å². The molecule has 0 saturated carbocycles. The Morgan fingerprint density at radius 1 is 0.329 bits per heavy atom. The Balaban J connectivity index is 0.979. The monoisotopic (exact) mass is 901 g/mol. The highest BCUT2D eigenvalue weighted by Crippen LogP contribution is 2.47. The van der Waals surface area contributed by atoms with Crippen molar-refractivity contribution in [3.63, 3.8) is 0 Å². The normalized spacial score (nSPS) is 16.9. The number of rotatable bonds is 8. The summed E-state index contributed by atoms with van der Waals surface area (Å²) in [6, 6.07) is 73.6. The van der Waals surface area contributed by atoms with Crippen LogP contribution in [0.4, 0.5) is 0 Å². The number of benzene rings is 6. The lowest BCUT2D eigenvalue weighted by atomic mass is 9.82. The summed E-state index contributed by atoms with van der Waals surface area (Å²) in [5, 5.41) is 7.72. The van der Waals surface area contributed by atoms with Crippen LogP contribution in [-0.2, 0) is 12.8 Å². The van der Waals surface area contributed by atoms with E-state index in [9.17, 15) is 0 Å². The average molecular weight is 902 g/mol. The third kappa shape index (κ3) is 7.53. The van der Waals surface area contributed by atoms with Gasteiger partial charge in [-0.1, -0.05) is 188 Å². The first-order valence-corrected chi connectivity index (χ1v) is 24.2. The van der Waals surface area contributed by atoms with Crippen LogP contribution in [0.3, 0.4) is 0 Å². The molecule has 13 rings (SSSR count). The second-order valence-electron chi connectivity index (χ2n) is 18.3. The van der Waals surface area contributed by atoms with E-state index < -0.39 is 0 Å². The molecule has 7 nitrogen and oxygen atoms in total. The number of amidine groups is 2. The van der Waals surface area contributed by atoms with E-state index in [2.05, 4.69) is 211 Å². The molecule has 9 aromatic rings. The number of nitrogens with one attached hydrogen (secondary N) is 2. The van der Waals surface area contributed by atoms with Gasteiger partial charge in [-0.2, -0.15) is 0 Å². The maximum atomic E-state index is 5.65. The van der Waals surface area contributed by atoms with Crippen LogP contribution in [0.2, 0.25) is 0 Å². The van der Waals surface area contributed by atoms with E-state index in [0.29, 0.717) is 0 Å². The first-order valence-electron chi connectivity index (χ1n) is 24.2. The van der Waals surface area contributed by atoms with Crippen LogP contribution >= 0.6 is 0 Å². The van der Waals surface area contributed by atoms with Gasteiger partial charge in [-0.05, 0) is 94.5 Å². The summed E-state index contributed by atoms with van der Waals surface area (Å²) in [6.45, 7) is 0. The van der Waals surface area contributed by atoms with Crippen molar-refractivity contribution < 1.29 is 0 Å². The third-order valence-electron chi connectivity index (χ3n) is 14.1. The SMILES string of the molecule is c1ccc(C2=NC(c3cccc(C4N=C(c5ccccc5)NC5=C4CCc4c(-c6ccccc6)cc(-c6ccccc6)nc45)n3)C3=C(N2)c2nc(-c4ccccc4)cc(-c4ccccc4)c2CC3)cc1. The Kier molecular flexibility index (Phi) is 10.5. The van der Waals surface area contributed by atoms with Gasteiger partial charge in [-0.25, -0.2) is 9.97 Å².